The molecule has 0 aliphatic carbocycles. The Balaban J connectivity index is 1.92. The number of amides is 1. The summed E-state index contributed by atoms with van der Waals surface area (Å²) in [7, 11) is 3.25. The lowest BCUT2D eigenvalue weighted by Crippen LogP contribution is -2.48. The summed E-state index contributed by atoms with van der Waals surface area (Å²) in [6, 6.07) is 3.85. The van der Waals surface area contributed by atoms with Gasteiger partial charge in [0.1, 0.15) is 0 Å². The van der Waals surface area contributed by atoms with Gasteiger partial charge in [-0.15, -0.1) is 0 Å². The summed E-state index contributed by atoms with van der Waals surface area (Å²) in [6.45, 7) is 6.39. The summed E-state index contributed by atoms with van der Waals surface area (Å²) in [5.74, 6) is 1.30. The number of carbonyl (C=O) groups is 1. The van der Waals surface area contributed by atoms with Crippen molar-refractivity contribution in [3.63, 3.8) is 0 Å². The highest BCUT2D eigenvalue weighted by molar-refractivity contribution is 5.98. The van der Waals surface area contributed by atoms with Crippen LogP contribution >= 0.6 is 0 Å². The first-order valence-corrected chi connectivity index (χ1v) is 9.40. The molecule has 1 atom stereocenters. The van der Waals surface area contributed by atoms with Crippen LogP contribution in [0.3, 0.4) is 0 Å². The summed E-state index contributed by atoms with van der Waals surface area (Å²) in [5, 5.41) is 3.10. The molecule has 0 aromatic heterocycles. The number of fused-ring (bicyclic) bond motifs is 1. The minimum absolute atomic E-state index is 0.0157. The lowest BCUT2D eigenvalue weighted by molar-refractivity contribution is 0.0914. The highest BCUT2D eigenvalue weighted by atomic mass is 16.5. The van der Waals surface area contributed by atoms with Gasteiger partial charge in [0.05, 0.1) is 14.2 Å². The SMILES string of the molecule is CCC1(CCN2CCCCC2)CNC(=O)c2cc(OC)c(OC)cc21. The largest absolute Gasteiger partial charge is 0.493 e. The first-order valence-electron chi connectivity index (χ1n) is 9.40. The fourth-order valence-electron chi connectivity index (χ4n) is 4.22. The smallest absolute Gasteiger partial charge is 0.251 e. The lowest BCUT2D eigenvalue weighted by atomic mass is 9.71. The molecule has 1 amide bonds. The Morgan fingerprint density at radius 3 is 2.44 bits per heavy atom. The van der Waals surface area contributed by atoms with Gasteiger partial charge in [0.15, 0.2) is 11.5 Å². The molecule has 0 radical (unpaired) electrons. The van der Waals surface area contributed by atoms with Crippen molar-refractivity contribution in [2.75, 3.05) is 40.4 Å². The zero-order chi connectivity index (χ0) is 17.9. The summed E-state index contributed by atoms with van der Waals surface area (Å²) in [5.41, 5.74) is 1.79. The quantitative estimate of drug-likeness (QED) is 0.860. The maximum absolute atomic E-state index is 12.4. The zero-order valence-electron chi connectivity index (χ0n) is 15.7. The van der Waals surface area contributed by atoms with E-state index in [0.717, 1.165) is 30.5 Å². The second kappa shape index (κ2) is 7.65. The van der Waals surface area contributed by atoms with Crippen LogP contribution in [0.25, 0.3) is 0 Å². The molecule has 138 valence electrons. The van der Waals surface area contributed by atoms with Gasteiger partial charge >= 0.3 is 0 Å². The fourth-order valence-corrected chi connectivity index (χ4v) is 4.22. The zero-order valence-corrected chi connectivity index (χ0v) is 15.7. The molecule has 3 rings (SSSR count). The predicted molar refractivity (Wildman–Crippen MR) is 98.8 cm³/mol. The van der Waals surface area contributed by atoms with Crippen LogP contribution < -0.4 is 14.8 Å². The monoisotopic (exact) mass is 346 g/mol. The van der Waals surface area contributed by atoms with E-state index < -0.39 is 0 Å². The average Bonchev–Trinajstić information content (AvgIpc) is 2.68. The molecule has 2 heterocycles. The third-order valence-corrected chi connectivity index (χ3v) is 5.96. The van der Waals surface area contributed by atoms with Crippen molar-refractivity contribution in [3.8, 4) is 11.5 Å². The minimum Gasteiger partial charge on any atom is -0.493 e. The summed E-state index contributed by atoms with van der Waals surface area (Å²) >= 11 is 0. The molecule has 0 spiro atoms. The number of methoxy groups -OCH3 is 2. The molecule has 5 nitrogen and oxygen atoms in total. The van der Waals surface area contributed by atoms with E-state index in [1.54, 1.807) is 14.2 Å². The van der Waals surface area contributed by atoms with Crippen LogP contribution in [0.4, 0.5) is 0 Å². The maximum atomic E-state index is 12.4. The number of benzene rings is 1. The molecule has 1 saturated heterocycles. The van der Waals surface area contributed by atoms with Crippen LogP contribution in [0.1, 0.15) is 54.9 Å². The van der Waals surface area contributed by atoms with Crippen molar-refractivity contribution in [2.45, 2.75) is 44.4 Å². The number of nitrogens with zero attached hydrogens (tertiary/aromatic N) is 1. The predicted octanol–water partition coefficient (Wildman–Crippen LogP) is 2.97. The molecule has 1 aromatic rings. The Labute approximate surface area is 150 Å². The van der Waals surface area contributed by atoms with Crippen LogP contribution in [0, 0.1) is 0 Å². The number of hydrogen-bond donors (Lipinski definition) is 1. The van der Waals surface area contributed by atoms with Crippen LogP contribution in [-0.4, -0.2) is 51.2 Å². The maximum Gasteiger partial charge on any atom is 0.251 e. The molecule has 1 fully saturated rings. The number of rotatable bonds is 6. The van der Waals surface area contributed by atoms with Gasteiger partial charge < -0.3 is 19.7 Å². The van der Waals surface area contributed by atoms with E-state index in [-0.39, 0.29) is 11.3 Å². The van der Waals surface area contributed by atoms with Gasteiger partial charge in [-0.2, -0.15) is 0 Å². The van der Waals surface area contributed by atoms with Crippen LogP contribution in [0.5, 0.6) is 11.5 Å². The Bertz CT molecular complexity index is 626. The second-order valence-corrected chi connectivity index (χ2v) is 7.22. The van der Waals surface area contributed by atoms with Gasteiger partial charge in [-0.25, -0.2) is 0 Å². The van der Waals surface area contributed by atoms with E-state index in [0.29, 0.717) is 18.0 Å². The number of carbonyl (C=O) groups excluding carboxylic acids is 1. The van der Waals surface area contributed by atoms with E-state index in [1.807, 2.05) is 12.1 Å². The molecule has 0 saturated carbocycles. The fraction of sp³-hybridized carbons (Fsp3) is 0.650. The highest BCUT2D eigenvalue weighted by Gasteiger charge is 2.39. The Kier molecular flexibility index (Phi) is 5.52. The summed E-state index contributed by atoms with van der Waals surface area (Å²) in [4.78, 5) is 15.0. The van der Waals surface area contributed by atoms with Gasteiger partial charge in [-0.1, -0.05) is 13.3 Å². The summed E-state index contributed by atoms with van der Waals surface area (Å²) in [6.07, 6.45) is 6.00. The molecule has 2 aliphatic rings. The van der Waals surface area contributed by atoms with E-state index in [2.05, 4.69) is 17.1 Å². The first kappa shape index (κ1) is 18.1. The topological polar surface area (TPSA) is 50.8 Å². The van der Waals surface area contributed by atoms with Crippen molar-refractivity contribution in [3.05, 3.63) is 23.3 Å². The molecule has 5 heteroatoms. The molecular weight excluding hydrogens is 316 g/mol. The van der Waals surface area contributed by atoms with E-state index >= 15 is 0 Å². The number of piperidine rings is 1. The second-order valence-electron chi connectivity index (χ2n) is 7.22. The first-order chi connectivity index (χ1) is 12.1. The van der Waals surface area contributed by atoms with Gasteiger partial charge in [-0.05, 0) is 63.0 Å². The minimum atomic E-state index is -0.0414. The Morgan fingerprint density at radius 1 is 1.12 bits per heavy atom. The van der Waals surface area contributed by atoms with E-state index in [9.17, 15) is 4.79 Å². The number of likely N-dealkylation sites (tertiary alicyclic amines) is 1. The molecule has 2 aliphatic heterocycles. The van der Waals surface area contributed by atoms with Gasteiger partial charge in [-0.3, -0.25) is 4.79 Å². The average molecular weight is 346 g/mol. The van der Waals surface area contributed by atoms with Gasteiger partial charge in [0, 0.05) is 17.5 Å². The molecular formula is C20H30N2O3. The lowest BCUT2D eigenvalue weighted by Gasteiger charge is -2.40. The van der Waals surface area contributed by atoms with Crippen molar-refractivity contribution in [1.29, 1.82) is 0 Å². The molecule has 25 heavy (non-hydrogen) atoms. The van der Waals surface area contributed by atoms with Crippen LogP contribution in [-0.2, 0) is 5.41 Å². The Hall–Kier alpha value is -1.75. The van der Waals surface area contributed by atoms with E-state index in [4.69, 9.17) is 9.47 Å². The number of ether oxygens (including phenoxy) is 2. The normalized spacial score (nSPS) is 23.7. The van der Waals surface area contributed by atoms with Crippen molar-refractivity contribution < 1.29 is 14.3 Å². The molecule has 1 N–H and O–H groups in total. The molecule has 1 unspecified atom stereocenters. The van der Waals surface area contributed by atoms with Crippen molar-refractivity contribution >= 4 is 5.91 Å². The molecule has 0 bridgehead atoms. The van der Waals surface area contributed by atoms with Crippen LogP contribution in [0.15, 0.2) is 12.1 Å². The van der Waals surface area contributed by atoms with Gasteiger partial charge in [0.2, 0.25) is 0 Å². The standard InChI is InChI=1S/C20H30N2O3/c1-4-20(8-11-22-9-6-5-7-10-22)14-21-19(23)15-12-17(24-2)18(25-3)13-16(15)20/h12-13H,4-11,14H2,1-3H3,(H,21,23). The molecule has 1 aromatic carbocycles. The Morgan fingerprint density at radius 2 is 1.80 bits per heavy atom. The van der Waals surface area contributed by atoms with Crippen molar-refractivity contribution in [1.82, 2.24) is 10.2 Å². The highest BCUT2D eigenvalue weighted by Crippen LogP contribution is 2.42. The number of hydrogen-bond acceptors (Lipinski definition) is 4. The van der Waals surface area contributed by atoms with Crippen molar-refractivity contribution in [2.24, 2.45) is 0 Å². The summed E-state index contributed by atoms with van der Waals surface area (Å²) < 4.78 is 10.9. The number of nitrogens with one attached hydrogen (secondary N) is 1. The van der Waals surface area contributed by atoms with Crippen LogP contribution in [0.2, 0.25) is 0 Å². The van der Waals surface area contributed by atoms with Gasteiger partial charge in [0.25, 0.3) is 5.91 Å². The third-order valence-electron chi connectivity index (χ3n) is 5.96. The van der Waals surface area contributed by atoms with E-state index in [1.165, 1.54) is 32.4 Å². The third kappa shape index (κ3) is 3.47.